The number of aliphatic hydroxyl groups is 1. The second kappa shape index (κ2) is 4.77. The molecule has 1 unspecified atom stereocenters. The van der Waals surface area contributed by atoms with Gasteiger partial charge in [-0.2, -0.15) is 0 Å². The molecule has 4 heteroatoms. The predicted molar refractivity (Wildman–Crippen MR) is 81.4 cm³/mol. The summed E-state index contributed by atoms with van der Waals surface area (Å²) < 4.78 is 2.24. The third-order valence-corrected chi connectivity index (χ3v) is 4.69. The molecule has 1 atom stereocenters. The van der Waals surface area contributed by atoms with Gasteiger partial charge in [0.05, 0.1) is 11.0 Å². The van der Waals surface area contributed by atoms with E-state index >= 15 is 0 Å². The number of imidazole rings is 1. The molecular weight excluding hydrogens is 250 g/mol. The quantitative estimate of drug-likeness (QED) is 0.825. The van der Waals surface area contributed by atoms with E-state index in [0.29, 0.717) is 6.04 Å². The molecule has 0 saturated heterocycles. The molecule has 3 N–H and O–H groups in total. The lowest BCUT2D eigenvalue weighted by Gasteiger charge is -2.40. The van der Waals surface area contributed by atoms with Crippen LogP contribution in [0.1, 0.15) is 51.4 Å². The average Bonchev–Trinajstić information content (AvgIpc) is 2.75. The molecule has 0 bridgehead atoms. The van der Waals surface area contributed by atoms with Crippen LogP contribution in [-0.4, -0.2) is 14.7 Å². The topological polar surface area (TPSA) is 64.1 Å². The van der Waals surface area contributed by atoms with Gasteiger partial charge in [0, 0.05) is 11.7 Å². The zero-order chi connectivity index (χ0) is 14.3. The lowest BCUT2D eigenvalue weighted by atomic mass is 9.73. The predicted octanol–water partition coefficient (Wildman–Crippen LogP) is 3.25. The Labute approximate surface area is 119 Å². The maximum Gasteiger partial charge on any atom is 0.135 e. The first kappa shape index (κ1) is 13.4. The molecule has 4 nitrogen and oxygen atoms in total. The van der Waals surface area contributed by atoms with Gasteiger partial charge < -0.3 is 15.4 Å². The Bertz CT molecular complexity index is 630. The first-order chi connectivity index (χ1) is 9.53. The highest BCUT2D eigenvalue weighted by molar-refractivity contribution is 5.79. The van der Waals surface area contributed by atoms with Crippen molar-refractivity contribution in [1.29, 1.82) is 0 Å². The molecule has 0 radical (unpaired) electrons. The molecule has 1 heterocycles. The molecule has 1 aromatic carbocycles. The molecular formula is C16H23N3O. The van der Waals surface area contributed by atoms with Crippen molar-refractivity contribution >= 4 is 16.7 Å². The highest BCUT2D eigenvalue weighted by Gasteiger charge is 2.35. The molecule has 1 aliphatic carbocycles. The number of aromatic nitrogens is 2. The fourth-order valence-corrected chi connectivity index (χ4v) is 3.58. The standard InChI is InChI=1S/C16H23N3O/c1-16(2)8-4-3-5-14(16)19-13-7-6-11(17)9-12(13)18-15(19)10-20/h6-7,9,14,20H,3-5,8,10,17H2,1-2H3. The fourth-order valence-electron chi connectivity index (χ4n) is 3.58. The third kappa shape index (κ3) is 2.08. The highest BCUT2D eigenvalue weighted by Crippen LogP contribution is 2.45. The van der Waals surface area contributed by atoms with Crippen molar-refractivity contribution < 1.29 is 5.11 Å². The van der Waals surface area contributed by atoms with Crippen LogP contribution in [-0.2, 0) is 6.61 Å². The van der Waals surface area contributed by atoms with Gasteiger partial charge in [0.15, 0.2) is 0 Å². The molecule has 1 fully saturated rings. The van der Waals surface area contributed by atoms with Gasteiger partial charge >= 0.3 is 0 Å². The summed E-state index contributed by atoms with van der Waals surface area (Å²) in [5.74, 6) is 0.755. The number of benzene rings is 1. The zero-order valence-electron chi connectivity index (χ0n) is 12.3. The van der Waals surface area contributed by atoms with Gasteiger partial charge in [-0.05, 0) is 36.5 Å². The minimum atomic E-state index is -0.0266. The van der Waals surface area contributed by atoms with Crippen molar-refractivity contribution in [2.75, 3.05) is 5.73 Å². The molecule has 20 heavy (non-hydrogen) atoms. The number of hydrogen-bond donors (Lipinski definition) is 2. The number of nitrogen functional groups attached to an aromatic ring is 1. The van der Waals surface area contributed by atoms with E-state index in [1.54, 1.807) is 0 Å². The Morgan fingerprint density at radius 2 is 2.20 bits per heavy atom. The van der Waals surface area contributed by atoms with E-state index in [9.17, 15) is 5.11 Å². The van der Waals surface area contributed by atoms with E-state index < -0.39 is 0 Å². The molecule has 3 rings (SSSR count). The summed E-state index contributed by atoms with van der Waals surface area (Å²) >= 11 is 0. The molecule has 0 aliphatic heterocycles. The third-order valence-electron chi connectivity index (χ3n) is 4.69. The van der Waals surface area contributed by atoms with Crippen LogP contribution in [0.15, 0.2) is 18.2 Å². The van der Waals surface area contributed by atoms with E-state index in [1.165, 1.54) is 19.3 Å². The number of nitrogens with zero attached hydrogens (tertiary/aromatic N) is 2. The first-order valence-corrected chi connectivity index (χ1v) is 7.40. The van der Waals surface area contributed by atoms with E-state index in [4.69, 9.17) is 5.73 Å². The van der Waals surface area contributed by atoms with Crippen molar-refractivity contribution in [3.63, 3.8) is 0 Å². The molecule has 108 valence electrons. The average molecular weight is 273 g/mol. The summed E-state index contributed by atoms with van der Waals surface area (Å²) in [7, 11) is 0. The summed E-state index contributed by atoms with van der Waals surface area (Å²) in [5.41, 5.74) is 8.77. The Morgan fingerprint density at radius 3 is 2.90 bits per heavy atom. The van der Waals surface area contributed by atoms with E-state index in [1.807, 2.05) is 18.2 Å². The SMILES string of the molecule is CC1(C)CCCCC1n1c(CO)nc2cc(N)ccc21. The van der Waals surface area contributed by atoms with Crippen LogP contribution in [0.4, 0.5) is 5.69 Å². The van der Waals surface area contributed by atoms with Crippen LogP contribution in [0.3, 0.4) is 0 Å². The number of aliphatic hydroxyl groups excluding tert-OH is 1. The lowest BCUT2D eigenvalue weighted by Crippen LogP contribution is -2.31. The lowest BCUT2D eigenvalue weighted by molar-refractivity contribution is 0.138. The number of rotatable bonds is 2. The summed E-state index contributed by atoms with van der Waals surface area (Å²) in [6.07, 6.45) is 4.90. The largest absolute Gasteiger partial charge is 0.399 e. The van der Waals surface area contributed by atoms with Crippen LogP contribution in [0.2, 0.25) is 0 Å². The van der Waals surface area contributed by atoms with Gasteiger partial charge in [0.1, 0.15) is 12.4 Å². The first-order valence-electron chi connectivity index (χ1n) is 7.40. The Morgan fingerprint density at radius 1 is 1.40 bits per heavy atom. The number of hydrogen-bond acceptors (Lipinski definition) is 3. The van der Waals surface area contributed by atoms with E-state index in [-0.39, 0.29) is 12.0 Å². The van der Waals surface area contributed by atoms with Crippen molar-refractivity contribution in [2.45, 2.75) is 52.2 Å². The van der Waals surface area contributed by atoms with Crippen molar-refractivity contribution in [3.8, 4) is 0 Å². The maximum atomic E-state index is 9.68. The Hall–Kier alpha value is -1.55. The molecule has 1 aromatic heterocycles. The number of nitrogens with two attached hydrogens (primary N) is 1. The minimum absolute atomic E-state index is 0.0266. The minimum Gasteiger partial charge on any atom is -0.399 e. The summed E-state index contributed by atoms with van der Waals surface area (Å²) in [6.45, 7) is 4.61. The Balaban J connectivity index is 2.18. The van der Waals surface area contributed by atoms with Crippen molar-refractivity contribution in [3.05, 3.63) is 24.0 Å². The van der Waals surface area contributed by atoms with Gasteiger partial charge in [-0.15, -0.1) is 0 Å². The number of fused-ring (bicyclic) bond motifs is 1. The van der Waals surface area contributed by atoms with Crippen molar-refractivity contribution in [1.82, 2.24) is 9.55 Å². The van der Waals surface area contributed by atoms with Crippen LogP contribution >= 0.6 is 0 Å². The molecule has 0 spiro atoms. The molecule has 0 amide bonds. The number of anilines is 1. The second-order valence-electron chi connectivity index (χ2n) is 6.55. The second-order valence-corrected chi connectivity index (χ2v) is 6.55. The normalized spacial score (nSPS) is 22.2. The van der Waals surface area contributed by atoms with Crippen LogP contribution in [0, 0.1) is 5.41 Å². The molecule has 2 aromatic rings. The monoisotopic (exact) mass is 273 g/mol. The van der Waals surface area contributed by atoms with Gasteiger partial charge in [-0.1, -0.05) is 26.7 Å². The van der Waals surface area contributed by atoms with Gasteiger partial charge in [-0.3, -0.25) is 0 Å². The van der Waals surface area contributed by atoms with Crippen LogP contribution < -0.4 is 5.73 Å². The Kier molecular flexibility index (Phi) is 3.21. The summed E-state index contributed by atoms with van der Waals surface area (Å²) in [5, 5.41) is 9.68. The van der Waals surface area contributed by atoms with Crippen LogP contribution in [0.5, 0.6) is 0 Å². The zero-order valence-corrected chi connectivity index (χ0v) is 12.3. The maximum absolute atomic E-state index is 9.68. The van der Waals surface area contributed by atoms with Gasteiger partial charge in [0.25, 0.3) is 0 Å². The summed E-state index contributed by atoms with van der Waals surface area (Å²) in [4.78, 5) is 4.57. The van der Waals surface area contributed by atoms with Crippen LogP contribution in [0.25, 0.3) is 11.0 Å². The molecule has 1 saturated carbocycles. The van der Waals surface area contributed by atoms with E-state index in [2.05, 4.69) is 23.4 Å². The van der Waals surface area contributed by atoms with Crippen molar-refractivity contribution in [2.24, 2.45) is 5.41 Å². The van der Waals surface area contributed by atoms with Gasteiger partial charge in [-0.25, -0.2) is 4.98 Å². The van der Waals surface area contributed by atoms with Gasteiger partial charge in [0.2, 0.25) is 0 Å². The highest BCUT2D eigenvalue weighted by atomic mass is 16.3. The smallest absolute Gasteiger partial charge is 0.135 e. The summed E-state index contributed by atoms with van der Waals surface area (Å²) in [6, 6.07) is 6.23. The van der Waals surface area contributed by atoms with E-state index in [0.717, 1.165) is 29.0 Å². The fraction of sp³-hybridized carbons (Fsp3) is 0.562. The molecule has 1 aliphatic rings.